The van der Waals surface area contributed by atoms with Gasteiger partial charge < -0.3 is 19.9 Å². The van der Waals surface area contributed by atoms with Crippen molar-refractivity contribution in [2.24, 2.45) is 5.92 Å². The van der Waals surface area contributed by atoms with E-state index in [-0.39, 0.29) is 17.7 Å². The average Bonchev–Trinajstić information content (AvgIpc) is 3.16. The van der Waals surface area contributed by atoms with E-state index in [1.165, 1.54) is 0 Å². The van der Waals surface area contributed by atoms with E-state index in [0.717, 1.165) is 30.8 Å². The van der Waals surface area contributed by atoms with Crippen molar-refractivity contribution in [3.63, 3.8) is 0 Å². The highest BCUT2D eigenvalue weighted by Crippen LogP contribution is 2.21. The van der Waals surface area contributed by atoms with Crippen molar-refractivity contribution in [2.75, 3.05) is 46.4 Å². The summed E-state index contributed by atoms with van der Waals surface area (Å²) in [6.45, 7) is 6.05. The highest BCUT2D eigenvalue weighted by molar-refractivity contribution is 5.95. The predicted molar refractivity (Wildman–Crippen MR) is 91.2 cm³/mol. The van der Waals surface area contributed by atoms with Crippen LogP contribution in [0.2, 0.25) is 0 Å². The number of carbonyl (C=O) groups excluding carboxylic acids is 2. The Hall–Kier alpha value is -2.08. The number of nitrogens with zero attached hydrogens (tertiary/aromatic N) is 2. The monoisotopic (exact) mass is 331 g/mol. The van der Waals surface area contributed by atoms with Gasteiger partial charge in [-0.15, -0.1) is 0 Å². The fourth-order valence-electron chi connectivity index (χ4n) is 3.39. The van der Waals surface area contributed by atoms with Crippen molar-refractivity contribution < 1.29 is 14.3 Å². The molecule has 2 aliphatic rings. The molecule has 0 bridgehead atoms. The quantitative estimate of drug-likeness (QED) is 0.894. The third-order valence-electron chi connectivity index (χ3n) is 4.94. The van der Waals surface area contributed by atoms with Crippen LogP contribution in [-0.4, -0.2) is 68.0 Å². The lowest BCUT2D eigenvalue weighted by Gasteiger charge is -2.36. The highest BCUT2D eigenvalue weighted by atomic mass is 16.5. The Morgan fingerprint density at radius 2 is 1.88 bits per heavy atom. The Labute approximate surface area is 142 Å². The lowest BCUT2D eigenvalue weighted by atomic mass is 10.1. The first-order valence-corrected chi connectivity index (χ1v) is 8.53. The topological polar surface area (TPSA) is 61.9 Å². The van der Waals surface area contributed by atoms with Crippen LogP contribution in [0.3, 0.4) is 0 Å². The molecule has 6 heteroatoms. The SMILES string of the molecule is COc1cc(C(=O)N2CCN(C(=O)C3CCNC3)CC2)ccc1C. The summed E-state index contributed by atoms with van der Waals surface area (Å²) in [5.41, 5.74) is 1.65. The molecule has 0 radical (unpaired) electrons. The minimum atomic E-state index is 0.00271. The van der Waals surface area contributed by atoms with Crippen molar-refractivity contribution in [1.29, 1.82) is 0 Å². The normalized spacial score (nSPS) is 21.0. The van der Waals surface area contributed by atoms with E-state index in [4.69, 9.17) is 4.74 Å². The molecule has 24 heavy (non-hydrogen) atoms. The lowest BCUT2D eigenvalue weighted by molar-refractivity contribution is -0.136. The van der Waals surface area contributed by atoms with Gasteiger partial charge in [-0.25, -0.2) is 0 Å². The van der Waals surface area contributed by atoms with Crippen LogP contribution in [0.1, 0.15) is 22.3 Å². The van der Waals surface area contributed by atoms with Crippen molar-refractivity contribution in [3.8, 4) is 5.75 Å². The Morgan fingerprint density at radius 3 is 2.50 bits per heavy atom. The number of benzene rings is 1. The smallest absolute Gasteiger partial charge is 0.254 e. The van der Waals surface area contributed by atoms with E-state index in [1.807, 2.05) is 28.9 Å². The molecule has 1 aromatic rings. The van der Waals surface area contributed by atoms with Gasteiger partial charge in [-0.05, 0) is 37.6 Å². The van der Waals surface area contributed by atoms with E-state index in [1.54, 1.807) is 13.2 Å². The van der Waals surface area contributed by atoms with Crippen LogP contribution >= 0.6 is 0 Å². The maximum atomic E-state index is 12.7. The van der Waals surface area contributed by atoms with Gasteiger partial charge in [0.2, 0.25) is 5.91 Å². The van der Waals surface area contributed by atoms with E-state index in [0.29, 0.717) is 31.7 Å². The predicted octanol–water partition coefficient (Wildman–Crippen LogP) is 0.898. The van der Waals surface area contributed by atoms with Gasteiger partial charge in [0, 0.05) is 38.3 Å². The second-order valence-corrected chi connectivity index (χ2v) is 6.49. The van der Waals surface area contributed by atoms with E-state index in [9.17, 15) is 9.59 Å². The Bertz CT molecular complexity index is 618. The summed E-state index contributed by atoms with van der Waals surface area (Å²) < 4.78 is 5.30. The number of methoxy groups -OCH3 is 1. The molecule has 1 aromatic carbocycles. The van der Waals surface area contributed by atoms with E-state index < -0.39 is 0 Å². The minimum Gasteiger partial charge on any atom is -0.496 e. The van der Waals surface area contributed by atoms with Crippen LogP contribution in [0.4, 0.5) is 0 Å². The molecule has 1 atom stereocenters. The zero-order valence-electron chi connectivity index (χ0n) is 14.4. The molecule has 2 amide bonds. The van der Waals surface area contributed by atoms with Gasteiger partial charge in [-0.1, -0.05) is 6.07 Å². The molecular formula is C18H25N3O3. The van der Waals surface area contributed by atoms with Gasteiger partial charge in [0.05, 0.1) is 13.0 Å². The molecule has 0 aliphatic carbocycles. The van der Waals surface area contributed by atoms with Crippen molar-refractivity contribution in [2.45, 2.75) is 13.3 Å². The van der Waals surface area contributed by atoms with Crippen LogP contribution in [0.25, 0.3) is 0 Å². The Balaban J connectivity index is 1.59. The van der Waals surface area contributed by atoms with E-state index in [2.05, 4.69) is 5.32 Å². The summed E-state index contributed by atoms with van der Waals surface area (Å²) in [6.07, 6.45) is 0.918. The first-order valence-electron chi connectivity index (χ1n) is 8.53. The molecule has 0 aromatic heterocycles. The minimum absolute atomic E-state index is 0.00271. The summed E-state index contributed by atoms with van der Waals surface area (Å²) in [4.78, 5) is 28.8. The second-order valence-electron chi connectivity index (χ2n) is 6.49. The number of aryl methyl sites for hydroxylation is 1. The van der Waals surface area contributed by atoms with Crippen LogP contribution in [0.15, 0.2) is 18.2 Å². The van der Waals surface area contributed by atoms with Crippen molar-refractivity contribution >= 4 is 11.8 Å². The molecule has 2 saturated heterocycles. The molecule has 0 spiro atoms. The highest BCUT2D eigenvalue weighted by Gasteiger charge is 2.30. The lowest BCUT2D eigenvalue weighted by Crippen LogP contribution is -2.52. The van der Waals surface area contributed by atoms with Gasteiger partial charge in [0.25, 0.3) is 5.91 Å². The first-order chi connectivity index (χ1) is 11.6. The molecule has 3 rings (SSSR count). The molecule has 2 heterocycles. The van der Waals surface area contributed by atoms with Gasteiger partial charge in [-0.2, -0.15) is 0 Å². The summed E-state index contributed by atoms with van der Waals surface area (Å²) in [6, 6.07) is 5.53. The molecule has 2 fully saturated rings. The van der Waals surface area contributed by atoms with Crippen LogP contribution < -0.4 is 10.1 Å². The van der Waals surface area contributed by atoms with Gasteiger partial charge in [0.15, 0.2) is 0 Å². The molecule has 0 saturated carbocycles. The summed E-state index contributed by atoms with van der Waals surface area (Å²) >= 11 is 0. The number of ether oxygens (including phenoxy) is 1. The zero-order chi connectivity index (χ0) is 17.1. The number of amides is 2. The maximum absolute atomic E-state index is 12.7. The van der Waals surface area contributed by atoms with Crippen LogP contribution in [0.5, 0.6) is 5.75 Å². The van der Waals surface area contributed by atoms with Gasteiger partial charge in [-0.3, -0.25) is 9.59 Å². The maximum Gasteiger partial charge on any atom is 0.254 e. The molecule has 2 aliphatic heterocycles. The first kappa shape index (κ1) is 16.8. The van der Waals surface area contributed by atoms with Crippen LogP contribution in [-0.2, 0) is 4.79 Å². The second kappa shape index (κ2) is 7.21. The van der Waals surface area contributed by atoms with Gasteiger partial charge >= 0.3 is 0 Å². The molecular weight excluding hydrogens is 306 g/mol. The fraction of sp³-hybridized carbons (Fsp3) is 0.556. The molecule has 6 nitrogen and oxygen atoms in total. The zero-order valence-corrected chi connectivity index (χ0v) is 14.4. The summed E-state index contributed by atoms with van der Waals surface area (Å²) in [7, 11) is 1.61. The van der Waals surface area contributed by atoms with Crippen LogP contribution in [0, 0.1) is 12.8 Å². The standard InChI is InChI=1S/C18H25N3O3/c1-13-3-4-14(11-16(13)24-2)17(22)20-7-9-21(10-8-20)18(23)15-5-6-19-12-15/h3-4,11,15,19H,5-10,12H2,1-2H3. The molecule has 1 N–H and O–H groups in total. The Kier molecular flexibility index (Phi) is 5.04. The number of piperazine rings is 1. The number of rotatable bonds is 3. The van der Waals surface area contributed by atoms with Crippen molar-refractivity contribution in [3.05, 3.63) is 29.3 Å². The largest absolute Gasteiger partial charge is 0.496 e. The summed E-state index contributed by atoms with van der Waals surface area (Å²) in [5, 5.41) is 3.23. The molecule has 1 unspecified atom stereocenters. The molecule has 130 valence electrons. The number of carbonyl (C=O) groups is 2. The fourth-order valence-corrected chi connectivity index (χ4v) is 3.39. The van der Waals surface area contributed by atoms with Crippen molar-refractivity contribution in [1.82, 2.24) is 15.1 Å². The number of hydrogen-bond acceptors (Lipinski definition) is 4. The van der Waals surface area contributed by atoms with Gasteiger partial charge in [0.1, 0.15) is 5.75 Å². The number of nitrogens with one attached hydrogen (secondary N) is 1. The third-order valence-corrected chi connectivity index (χ3v) is 4.94. The number of hydrogen-bond donors (Lipinski definition) is 1. The third kappa shape index (κ3) is 3.38. The Morgan fingerprint density at radius 1 is 1.17 bits per heavy atom. The van der Waals surface area contributed by atoms with E-state index >= 15 is 0 Å². The average molecular weight is 331 g/mol. The summed E-state index contributed by atoms with van der Waals surface area (Å²) in [5.74, 6) is 1.06.